The van der Waals surface area contributed by atoms with Gasteiger partial charge in [0.25, 0.3) is 0 Å². The van der Waals surface area contributed by atoms with Gasteiger partial charge in [-0.1, -0.05) is 50.1 Å². The van der Waals surface area contributed by atoms with Crippen molar-refractivity contribution in [3.8, 4) is 0 Å². The molecule has 0 saturated heterocycles. The highest BCUT2D eigenvalue weighted by atomic mass is 32.2. The monoisotopic (exact) mass is 347 g/mol. The lowest BCUT2D eigenvalue weighted by atomic mass is 9.83. The molecule has 2 aliphatic rings. The summed E-state index contributed by atoms with van der Waals surface area (Å²) in [4.78, 5) is 0.380. The molecule has 3 nitrogen and oxygen atoms in total. The van der Waals surface area contributed by atoms with Crippen LogP contribution in [0, 0.1) is 17.8 Å². The Morgan fingerprint density at radius 2 is 1.88 bits per heavy atom. The highest BCUT2D eigenvalue weighted by Gasteiger charge is 2.48. The molecule has 132 valence electrons. The molecule has 1 aromatic carbocycles. The predicted molar refractivity (Wildman–Crippen MR) is 98.2 cm³/mol. The van der Waals surface area contributed by atoms with Gasteiger partial charge >= 0.3 is 0 Å². The number of allylic oxidation sites excluding steroid dienone is 2. The maximum absolute atomic E-state index is 12.7. The lowest BCUT2D eigenvalue weighted by molar-refractivity contribution is 0.274. The third-order valence-corrected chi connectivity index (χ3v) is 7.21. The van der Waals surface area contributed by atoms with Crippen LogP contribution in [0.1, 0.15) is 51.9 Å². The zero-order chi connectivity index (χ0) is 17.0. The Balaban J connectivity index is 1.67. The second-order valence-corrected chi connectivity index (χ2v) is 9.02. The highest BCUT2D eigenvalue weighted by molar-refractivity contribution is 7.89. The molecule has 0 aliphatic heterocycles. The van der Waals surface area contributed by atoms with Crippen molar-refractivity contribution in [1.82, 2.24) is 4.72 Å². The molecule has 24 heavy (non-hydrogen) atoms. The SMILES string of the molecule is CCCCC=CCC1C2CCC(C2)C1NS(=O)(=O)c1ccccc1. The van der Waals surface area contributed by atoms with E-state index in [1.807, 2.05) is 6.07 Å². The van der Waals surface area contributed by atoms with Gasteiger partial charge in [-0.3, -0.25) is 0 Å². The average molecular weight is 348 g/mol. The number of hydrogen-bond acceptors (Lipinski definition) is 2. The first-order valence-electron chi connectivity index (χ1n) is 9.34. The normalized spacial score (nSPS) is 29.5. The van der Waals surface area contributed by atoms with Gasteiger partial charge in [0.1, 0.15) is 0 Å². The van der Waals surface area contributed by atoms with Crippen molar-refractivity contribution in [3.63, 3.8) is 0 Å². The Morgan fingerprint density at radius 1 is 1.12 bits per heavy atom. The second-order valence-electron chi connectivity index (χ2n) is 7.31. The molecule has 2 fully saturated rings. The van der Waals surface area contributed by atoms with Crippen molar-refractivity contribution in [2.24, 2.45) is 17.8 Å². The molecule has 0 aromatic heterocycles. The number of unbranched alkanes of at least 4 members (excludes halogenated alkanes) is 2. The number of sulfonamides is 1. The van der Waals surface area contributed by atoms with Crippen molar-refractivity contribution in [1.29, 1.82) is 0 Å². The molecule has 2 saturated carbocycles. The standard InChI is InChI=1S/C20H29NO2S/c1-2-3-4-5-9-12-19-16-13-14-17(15-16)20(19)21-24(22,23)18-10-7-6-8-11-18/h5-11,16-17,19-21H,2-4,12-15H2,1H3. The third kappa shape index (κ3) is 3.92. The molecule has 4 atom stereocenters. The maximum Gasteiger partial charge on any atom is 0.240 e. The lowest BCUT2D eigenvalue weighted by Gasteiger charge is -2.31. The molecule has 2 bridgehead atoms. The molecule has 4 unspecified atom stereocenters. The van der Waals surface area contributed by atoms with Gasteiger partial charge < -0.3 is 0 Å². The summed E-state index contributed by atoms with van der Waals surface area (Å²) in [6.45, 7) is 2.21. The van der Waals surface area contributed by atoms with E-state index in [0.29, 0.717) is 22.6 Å². The van der Waals surface area contributed by atoms with E-state index in [-0.39, 0.29) is 6.04 Å². The largest absolute Gasteiger partial charge is 0.240 e. The quantitative estimate of drug-likeness (QED) is 0.555. The average Bonchev–Trinajstić information content (AvgIpc) is 3.18. The lowest BCUT2D eigenvalue weighted by Crippen LogP contribution is -2.43. The number of benzene rings is 1. The topological polar surface area (TPSA) is 46.2 Å². The van der Waals surface area contributed by atoms with E-state index in [9.17, 15) is 8.42 Å². The molecule has 3 rings (SSSR count). The van der Waals surface area contributed by atoms with Crippen LogP contribution in [0.5, 0.6) is 0 Å². The van der Waals surface area contributed by atoms with E-state index < -0.39 is 10.0 Å². The number of rotatable bonds is 8. The van der Waals surface area contributed by atoms with Crippen LogP contribution in [0.15, 0.2) is 47.4 Å². The van der Waals surface area contributed by atoms with E-state index in [0.717, 1.165) is 12.8 Å². The fraction of sp³-hybridized carbons (Fsp3) is 0.600. The van der Waals surface area contributed by atoms with E-state index in [1.54, 1.807) is 24.3 Å². The number of hydrogen-bond donors (Lipinski definition) is 1. The fourth-order valence-corrected chi connectivity index (χ4v) is 5.85. The van der Waals surface area contributed by atoms with Gasteiger partial charge in [-0.25, -0.2) is 13.1 Å². The van der Waals surface area contributed by atoms with Crippen LogP contribution >= 0.6 is 0 Å². The minimum absolute atomic E-state index is 0.102. The second kappa shape index (κ2) is 7.83. The Hall–Kier alpha value is -1.13. The van der Waals surface area contributed by atoms with Crippen molar-refractivity contribution >= 4 is 10.0 Å². The van der Waals surface area contributed by atoms with Gasteiger partial charge in [0, 0.05) is 6.04 Å². The Morgan fingerprint density at radius 3 is 2.62 bits per heavy atom. The fourth-order valence-electron chi connectivity index (χ4n) is 4.47. The van der Waals surface area contributed by atoms with Gasteiger partial charge in [-0.2, -0.15) is 0 Å². The molecule has 0 spiro atoms. The van der Waals surface area contributed by atoms with Gasteiger partial charge in [-0.05, 0) is 62.0 Å². The van der Waals surface area contributed by atoms with Crippen LogP contribution in [-0.2, 0) is 10.0 Å². The molecule has 1 aromatic rings. The van der Waals surface area contributed by atoms with Crippen LogP contribution in [-0.4, -0.2) is 14.5 Å². The van der Waals surface area contributed by atoms with Crippen molar-refractivity contribution in [2.75, 3.05) is 0 Å². The first kappa shape index (κ1) is 17.7. The number of nitrogens with one attached hydrogen (secondary N) is 1. The van der Waals surface area contributed by atoms with E-state index in [2.05, 4.69) is 23.8 Å². The van der Waals surface area contributed by atoms with Crippen molar-refractivity contribution in [2.45, 2.75) is 62.8 Å². The van der Waals surface area contributed by atoms with Gasteiger partial charge in [0.15, 0.2) is 0 Å². The predicted octanol–water partition coefficient (Wildman–Crippen LogP) is 4.52. The minimum Gasteiger partial charge on any atom is -0.207 e. The Bertz CT molecular complexity index is 653. The van der Waals surface area contributed by atoms with Gasteiger partial charge in [0.2, 0.25) is 10.0 Å². The molecule has 0 heterocycles. The molecular formula is C20H29NO2S. The van der Waals surface area contributed by atoms with Gasteiger partial charge in [-0.15, -0.1) is 0 Å². The summed E-state index contributed by atoms with van der Waals surface area (Å²) in [6.07, 6.45) is 12.8. The van der Waals surface area contributed by atoms with E-state index >= 15 is 0 Å². The summed E-state index contributed by atoms with van der Waals surface area (Å²) in [7, 11) is -3.41. The van der Waals surface area contributed by atoms with Crippen molar-refractivity contribution < 1.29 is 8.42 Å². The van der Waals surface area contributed by atoms with Gasteiger partial charge in [0.05, 0.1) is 4.90 Å². The Kier molecular flexibility index (Phi) is 5.77. The zero-order valence-corrected chi connectivity index (χ0v) is 15.3. The molecule has 0 amide bonds. The molecule has 0 radical (unpaired) electrons. The highest BCUT2D eigenvalue weighted by Crippen LogP contribution is 2.50. The molecule has 4 heteroatoms. The van der Waals surface area contributed by atoms with Crippen molar-refractivity contribution in [3.05, 3.63) is 42.5 Å². The van der Waals surface area contributed by atoms with Crippen LogP contribution < -0.4 is 4.72 Å². The summed E-state index contributed by atoms with van der Waals surface area (Å²) in [5.41, 5.74) is 0. The third-order valence-electron chi connectivity index (χ3n) is 5.73. The van der Waals surface area contributed by atoms with Crippen LogP contribution in [0.4, 0.5) is 0 Å². The molecule has 2 aliphatic carbocycles. The summed E-state index contributed by atoms with van der Waals surface area (Å²) < 4.78 is 28.4. The first-order valence-corrected chi connectivity index (χ1v) is 10.8. The molecule has 1 N–H and O–H groups in total. The molecular weight excluding hydrogens is 318 g/mol. The smallest absolute Gasteiger partial charge is 0.207 e. The first-order chi connectivity index (χ1) is 11.6. The minimum atomic E-state index is -3.41. The zero-order valence-electron chi connectivity index (χ0n) is 14.5. The maximum atomic E-state index is 12.7. The summed E-state index contributed by atoms with van der Waals surface area (Å²) in [5, 5.41) is 0. The number of fused-ring (bicyclic) bond motifs is 2. The van der Waals surface area contributed by atoms with E-state index in [1.165, 1.54) is 32.1 Å². The van der Waals surface area contributed by atoms with Crippen LogP contribution in [0.3, 0.4) is 0 Å². The van der Waals surface area contributed by atoms with Crippen LogP contribution in [0.2, 0.25) is 0 Å². The summed E-state index contributed by atoms with van der Waals surface area (Å²) in [6, 6.07) is 8.86. The van der Waals surface area contributed by atoms with Crippen LogP contribution in [0.25, 0.3) is 0 Å². The summed E-state index contributed by atoms with van der Waals surface area (Å²) in [5.74, 6) is 1.66. The Labute approximate surface area is 146 Å². The van der Waals surface area contributed by atoms with E-state index in [4.69, 9.17) is 0 Å². The summed E-state index contributed by atoms with van der Waals surface area (Å²) >= 11 is 0.